The lowest BCUT2D eigenvalue weighted by molar-refractivity contribution is 0.152. The Morgan fingerprint density at radius 2 is 2.12 bits per heavy atom. The van der Waals surface area contributed by atoms with Crippen molar-refractivity contribution < 1.29 is 19.0 Å². The number of carbonyl (C=O) groups excluding carboxylic acids is 1. The van der Waals surface area contributed by atoms with E-state index in [-0.39, 0.29) is 6.09 Å². The van der Waals surface area contributed by atoms with E-state index in [0.717, 1.165) is 0 Å². The van der Waals surface area contributed by atoms with E-state index in [4.69, 9.17) is 14.2 Å². The predicted octanol–water partition coefficient (Wildman–Crippen LogP) is 1.53. The Hall–Kier alpha value is -1.91. The zero-order valence-corrected chi connectivity index (χ0v) is 9.72. The number of methoxy groups -OCH3 is 1. The summed E-state index contributed by atoms with van der Waals surface area (Å²) in [6.45, 7) is 2.05. The molecule has 0 saturated carbocycles. The first-order chi connectivity index (χ1) is 8.31. The lowest BCUT2D eigenvalue weighted by Gasteiger charge is -2.14. The van der Waals surface area contributed by atoms with Gasteiger partial charge in [-0.25, -0.2) is 4.79 Å². The van der Waals surface area contributed by atoms with E-state index in [1.165, 1.54) is 0 Å². The summed E-state index contributed by atoms with van der Waals surface area (Å²) in [5.74, 6) is 1.37. The topological polar surface area (TPSA) is 48.0 Å². The zero-order valence-electron chi connectivity index (χ0n) is 9.72. The Labute approximate surface area is 99.9 Å². The van der Waals surface area contributed by atoms with Gasteiger partial charge in [0.05, 0.1) is 20.2 Å². The van der Waals surface area contributed by atoms with Crippen LogP contribution in [0.5, 0.6) is 11.5 Å². The van der Waals surface area contributed by atoms with Gasteiger partial charge in [-0.15, -0.1) is 0 Å². The molecule has 0 spiro atoms. The second-order valence-electron chi connectivity index (χ2n) is 3.60. The van der Waals surface area contributed by atoms with Gasteiger partial charge >= 0.3 is 6.09 Å². The molecule has 1 fully saturated rings. The molecule has 0 aliphatic carbocycles. The second-order valence-corrected chi connectivity index (χ2v) is 3.60. The summed E-state index contributed by atoms with van der Waals surface area (Å²) in [5.41, 5.74) is 0. The van der Waals surface area contributed by atoms with E-state index in [1.54, 1.807) is 12.0 Å². The van der Waals surface area contributed by atoms with Crippen LogP contribution in [0.4, 0.5) is 4.79 Å². The molecular formula is C12H15NO4. The fourth-order valence-electron chi connectivity index (χ4n) is 1.63. The van der Waals surface area contributed by atoms with Crippen molar-refractivity contribution >= 4 is 6.09 Å². The molecule has 0 bridgehead atoms. The monoisotopic (exact) mass is 237 g/mol. The van der Waals surface area contributed by atoms with Crippen LogP contribution >= 0.6 is 0 Å². The van der Waals surface area contributed by atoms with Gasteiger partial charge < -0.3 is 19.1 Å². The number of hydrogen-bond acceptors (Lipinski definition) is 4. The lowest BCUT2D eigenvalue weighted by atomic mass is 10.3. The maximum absolute atomic E-state index is 11.2. The summed E-state index contributed by atoms with van der Waals surface area (Å²) < 4.78 is 15.5. The number of rotatable bonds is 5. The zero-order chi connectivity index (χ0) is 12.1. The first kappa shape index (κ1) is 11.6. The number of ether oxygens (including phenoxy) is 3. The van der Waals surface area contributed by atoms with Gasteiger partial charge in [0.15, 0.2) is 11.5 Å². The maximum Gasteiger partial charge on any atom is 0.410 e. The molecule has 0 aromatic heterocycles. The minimum absolute atomic E-state index is 0.270. The molecule has 1 aliphatic rings. The summed E-state index contributed by atoms with van der Waals surface area (Å²) in [5, 5.41) is 0. The Balaban J connectivity index is 1.83. The van der Waals surface area contributed by atoms with Crippen molar-refractivity contribution in [2.45, 2.75) is 0 Å². The molecule has 0 unspecified atom stereocenters. The average Bonchev–Trinajstić information content (AvgIpc) is 2.76. The first-order valence-corrected chi connectivity index (χ1v) is 5.49. The number of nitrogens with zero attached hydrogens (tertiary/aromatic N) is 1. The van der Waals surface area contributed by atoms with Crippen molar-refractivity contribution in [3.8, 4) is 11.5 Å². The van der Waals surface area contributed by atoms with Gasteiger partial charge in [-0.05, 0) is 12.1 Å². The van der Waals surface area contributed by atoms with Crippen molar-refractivity contribution in [2.24, 2.45) is 0 Å². The Morgan fingerprint density at radius 3 is 2.76 bits per heavy atom. The standard InChI is InChI=1S/C12H15NO4/c1-15-10-4-2-3-5-11(10)16-8-6-13-7-9-17-12(13)14/h2-5H,6-9H2,1H3. The quantitative estimate of drug-likeness (QED) is 0.779. The third kappa shape index (κ3) is 2.81. The number of cyclic esters (lactones) is 1. The average molecular weight is 237 g/mol. The van der Waals surface area contributed by atoms with Crippen LogP contribution in [0.15, 0.2) is 24.3 Å². The van der Waals surface area contributed by atoms with Crippen LogP contribution < -0.4 is 9.47 Å². The van der Waals surface area contributed by atoms with E-state index >= 15 is 0 Å². The molecule has 1 aromatic carbocycles. The minimum Gasteiger partial charge on any atom is -0.493 e. The normalized spacial score (nSPS) is 14.6. The van der Waals surface area contributed by atoms with Crippen LogP contribution in [0.3, 0.4) is 0 Å². The molecule has 5 nitrogen and oxygen atoms in total. The third-order valence-corrected chi connectivity index (χ3v) is 2.53. The van der Waals surface area contributed by atoms with Crippen LogP contribution in [0.25, 0.3) is 0 Å². The van der Waals surface area contributed by atoms with Crippen LogP contribution in [0.1, 0.15) is 0 Å². The van der Waals surface area contributed by atoms with Crippen molar-refractivity contribution in [1.29, 1.82) is 0 Å². The van der Waals surface area contributed by atoms with Crippen molar-refractivity contribution in [1.82, 2.24) is 4.90 Å². The fourth-order valence-corrected chi connectivity index (χ4v) is 1.63. The van der Waals surface area contributed by atoms with E-state index in [2.05, 4.69) is 0 Å². The highest BCUT2D eigenvalue weighted by molar-refractivity contribution is 5.69. The summed E-state index contributed by atoms with van der Waals surface area (Å²) in [4.78, 5) is 12.8. The third-order valence-electron chi connectivity index (χ3n) is 2.53. The van der Waals surface area contributed by atoms with Crippen LogP contribution in [0, 0.1) is 0 Å². The molecule has 2 rings (SSSR count). The number of carbonyl (C=O) groups is 1. The van der Waals surface area contributed by atoms with Gasteiger partial charge in [0.25, 0.3) is 0 Å². The molecule has 0 N–H and O–H groups in total. The summed E-state index contributed by atoms with van der Waals surface area (Å²) in [7, 11) is 1.60. The van der Waals surface area contributed by atoms with E-state index in [1.807, 2.05) is 24.3 Å². The summed E-state index contributed by atoms with van der Waals surface area (Å²) in [6, 6.07) is 7.42. The number of hydrogen-bond donors (Lipinski definition) is 0. The van der Waals surface area contributed by atoms with Crippen LogP contribution in [0.2, 0.25) is 0 Å². The molecule has 1 saturated heterocycles. The smallest absolute Gasteiger partial charge is 0.410 e. The van der Waals surface area contributed by atoms with Crippen molar-refractivity contribution in [2.75, 3.05) is 33.4 Å². The van der Waals surface area contributed by atoms with Gasteiger partial charge in [0.2, 0.25) is 0 Å². The molecule has 0 radical (unpaired) electrons. The number of para-hydroxylation sites is 2. The minimum atomic E-state index is -0.270. The highest BCUT2D eigenvalue weighted by Gasteiger charge is 2.21. The molecule has 17 heavy (non-hydrogen) atoms. The van der Waals surface area contributed by atoms with E-state index in [9.17, 15) is 4.79 Å². The summed E-state index contributed by atoms with van der Waals surface area (Å²) >= 11 is 0. The molecule has 1 aromatic rings. The summed E-state index contributed by atoms with van der Waals surface area (Å²) in [6.07, 6.45) is -0.270. The Kier molecular flexibility index (Phi) is 3.69. The van der Waals surface area contributed by atoms with E-state index in [0.29, 0.717) is 37.8 Å². The second kappa shape index (κ2) is 5.43. The molecular weight excluding hydrogens is 222 g/mol. The number of benzene rings is 1. The lowest BCUT2D eigenvalue weighted by Crippen LogP contribution is -2.29. The molecule has 0 atom stereocenters. The molecule has 5 heteroatoms. The Morgan fingerprint density at radius 1 is 1.35 bits per heavy atom. The van der Waals surface area contributed by atoms with Crippen molar-refractivity contribution in [3.05, 3.63) is 24.3 Å². The van der Waals surface area contributed by atoms with Gasteiger partial charge in [0, 0.05) is 0 Å². The largest absolute Gasteiger partial charge is 0.493 e. The molecule has 1 aliphatic heterocycles. The fraction of sp³-hybridized carbons (Fsp3) is 0.417. The molecule has 1 amide bonds. The van der Waals surface area contributed by atoms with Gasteiger partial charge in [0.1, 0.15) is 13.2 Å². The van der Waals surface area contributed by atoms with Crippen LogP contribution in [-0.4, -0.2) is 44.4 Å². The van der Waals surface area contributed by atoms with Crippen LogP contribution in [-0.2, 0) is 4.74 Å². The highest BCUT2D eigenvalue weighted by atomic mass is 16.6. The maximum atomic E-state index is 11.2. The first-order valence-electron chi connectivity index (χ1n) is 5.49. The molecule has 92 valence electrons. The predicted molar refractivity (Wildman–Crippen MR) is 61.4 cm³/mol. The van der Waals surface area contributed by atoms with Gasteiger partial charge in [-0.3, -0.25) is 0 Å². The molecule has 1 heterocycles. The van der Waals surface area contributed by atoms with E-state index < -0.39 is 0 Å². The highest BCUT2D eigenvalue weighted by Crippen LogP contribution is 2.25. The number of amides is 1. The SMILES string of the molecule is COc1ccccc1OCCN1CCOC1=O. The van der Waals surface area contributed by atoms with Gasteiger partial charge in [-0.2, -0.15) is 0 Å². The Bertz CT molecular complexity index is 394. The van der Waals surface area contributed by atoms with Gasteiger partial charge in [-0.1, -0.05) is 12.1 Å². The van der Waals surface area contributed by atoms with Crippen molar-refractivity contribution in [3.63, 3.8) is 0 Å².